The minimum absolute atomic E-state index is 0.0402. The molecule has 2 aromatic carbocycles. The number of rotatable bonds is 6. The number of hydrogen-bond acceptors (Lipinski definition) is 5. The van der Waals surface area contributed by atoms with Crippen LogP contribution in [-0.4, -0.2) is 30.4 Å². The SMILES string of the molecule is COc1cccc(/C=N/NC(=O)[C@@H](C)Oc2ccccc2)c1O. The topological polar surface area (TPSA) is 80.2 Å². The molecule has 0 fully saturated rings. The number of phenolic OH excluding ortho intramolecular Hbond substituents is 1. The lowest BCUT2D eigenvalue weighted by Gasteiger charge is -2.12. The van der Waals surface area contributed by atoms with Crippen LogP contribution in [0.1, 0.15) is 12.5 Å². The average Bonchev–Trinajstić information content (AvgIpc) is 2.57. The van der Waals surface area contributed by atoms with Gasteiger partial charge < -0.3 is 14.6 Å². The highest BCUT2D eigenvalue weighted by Gasteiger charge is 2.13. The zero-order chi connectivity index (χ0) is 16.7. The van der Waals surface area contributed by atoms with Gasteiger partial charge in [-0.05, 0) is 31.2 Å². The predicted octanol–water partition coefficient (Wildman–Crippen LogP) is 2.32. The molecule has 0 aromatic heterocycles. The number of aromatic hydroxyl groups is 1. The Balaban J connectivity index is 1.93. The van der Waals surface area contributed by atoms with Gasteiger partial charge in [0.2, 0.25) is 0 Å². The zero-order valence-electron chi connectivity index (χ0n) is 12.9. The Bertz CT molecular complexity index is 686. The molecule has 0 bridgehead atoms. The van der Waals surface area contributed by atoms with Crippen molar-refractivity contribution in [3.8, 4) is 17.2 Å². The Kier molecular flexibility index (Phi) is 5.57. The highest BCUT2D eigenvalue weighted by molar-refractivity contribution is 5.87. The van der Waals surface area contributed by atoms with Crippen LogP contribution in [0.2, 0.25) is 0 Å². The van der Waals surface area contributed by atoms with Crippen LogP contribution in [-0.2, 0) is 4.79 Å². The Morgan fingerprint density at radius 3 is 2.65 bits per heavy atom. The third-order valence-corrected chi connectivity index (χ3v) is 3.05. The molecule has 1 atom stereocenters. The number of amides is 1. The van der Waals surface area contributed by atoms with E-state index in [-0.39, 0.29) is 5.75 Å². The zero-order valence-corrected chi connectivity index (χ0v) is 12.9. The van der Waals surface area contributed by atoms with Gasteiger partial charge in [-0.3, -0.25) is 4.79 Å². The van der Waals surface area contributed by atoms with Crippen molar-refractivity contribution in [1.29, 1.82) is 0 Å². The summed E-state index contributed by atoms with van der Waals surface area (Å²) in [5.41, 5.74) is 2.80. The number of methoxy groups -OCH3 is 1. The molecule has 0 spiro atoms. The molecule has 6 heteroatoms. The van der Waals surface area contributed by atoms with Crippen LogP contribution < -0.4 is 14.9 Å². The standard InChI is InChI=1S/C17H18N2O4/c1-12(23-14-8-4-3-5-9-14)17(21)19-18-11-13-7-6-10-15(22-2)16(13)20/h3-12,20H,1-2H3,(H,19,21)/b18-11+/t12-/m1/s1. The molecule has 0 heterocycles. The summed E-state index contributed by atoms with van der Waals surface area (Å²) in [5.74, 6) is 0.500. The fourth-order valence-corrected chi connectivity index (χ4v) is 1.82. The molecule has 120 valence electrons. The lowest BCUT2D eigenvalue weighted by Crippen LogP contribution is -2.33. The number of hydrazone groups is 1. The Morgan fingerprint density at radius 2 is 1.96 bits per heavy atom. The van der Waals surface area contributed by atoms with Crippen LogP contribution >= 0.6 is 0 Å². The van der Waals surface area contributed by atoms with E-state index in [1.165, 1.54) is 13.3 Å². The van der Waals surface area contributed by atoms with E-state index in [1.54, 1.807) is 37.3 Å². The molecule has 2 N–H and O–H groups in total. The highest BCUT2D eigenvalue weighted by atomic mass is 16.5. The first-order chi connectivity index (χ1) is 11.1. The Labute approximate surface area is 134 Å². The number of para-hydroxylation sites is 2. The van der Waals surface area contributed by atoms with Gasteiger partial charge in [0.1, 0.15) is 5.75 Å². The number of nitrogens with one attached hydrogen (secondary N) is 1. The smallest absolute Gasteiger partial charge is 0.280 e. The lowest BCUT2D eigenvalue weighted by molar-refractivity contribution is -0.127. The van der Waals surface area contributed by atoms with Gasteiger partial charge in [0.05, 0.1) is 13.3 Å². The summed E-state index contributed by atoms with van der Waals surface area (Å²) < 4.78 is 10.5. The number of phenols is 1. The third-order valence-electron chi connectivity index (χ3n) is 3.05. The lowest BCUT2D eigenvalue weighted by atomic mass is 10.2. The van der Waals surface area contributed by atoms with Gasteiger partial charge in [-0.25, -0.2) is 5.43 Å². The van der Waals surface area contributed by atoms with Crippen LogP contribution in [0.3, 0.4) is 0 Å². The largest absolute Gasteiger partial charge is 0.504 e. The first-order valence-electron chi connectivity index (χ1n) is 7.02. The monoisotopic (exact) mass is 314 g/mol. The quantitative estimate of drug-likeness (QED) is 0.633. The summed E-state index contributed by atoms with van der Waals surface area (Å²) in [6, 6.07) is 14.0. The Morgan fingerprint density at radius 1 is 1.22 bits per heavy atom. The Hall–Kier alpha value is -3.02. The molecule has 0 radical (unpaired) electrons. The van der Waals surface area contributed by atoms with Crippen LogP contribution in [0.15, 0.2) is 53.6 Å². The van der Waals surface area contributed by atoms with Gasteiger partial charge in [-0.1, -0.05) is 24.3 Å². The fourth-order valence-electron chi connectivity index (χ4n) is 1.82. The second kappa shape index (κ2) is 7.84. The number of ether oxygens (including phenoxy) is 2. The van der Waals surface area contributed by atoms with E-state index < -0.39 is 12.0 Å². The van der Waals surface area contributed by atoms with Crippen molar-refractivity contribution >= 4 is 12.1 Å². The molecule has 0 aliphatic heterocycles. The summed E-state index contributed by atoms with van der Waals surface area (Å²) in [5, 5.41) is 13.7. The summed E-state index contributed by atoms with van der Waals surface area (Å²) in [4.78, 5) is 11.9. The maximum Gasteiger partial charge on any atom is 0.280 e. The summed E-state index contributed by atoms with van der Waals surface area (Å²) in [6.07, 6.45) is 0.638. The van der Waals surface area contributed by atoms with Crippen molar-refractivity contribution in [2.24, 2.45) is 5.10 Å². The number of nitrogens with zero attached hydrogens (tertiary/aromatic N) is 1. The van der Waals surface area contributed by atoms with Crippen LogP contribution in [0.25, 0.3) is 0 Å². The van der Waals surface area contributed by atoms with Gasteiger partial charge in [-0.2, -0.15) is 5.10 Å². The van der Waals surface area contributed by atoms with E-state index in [4.69, 9.17) is 9.47 Å². The molecular formula is C17H18N2O4. The van der Waals surface area contributed by atoms with E-state index >= 15 is 0 Å². The second-order valence-electron chi connectivity index (χ2n) is 4.71. The molecule has 2 aromatic rings. The predicted molar refractivity (Wildman–Crippen MR) is 86.9 cm³/mol. The van der Waals surface area contributed by atoms with Crippen molar-refractivity contribution in [2.75, 3.05) is 7.11 Å². The maximum atomic E-state index is 11.9. The molecule has 1 amide bonds. The van der Waals surface area contributed by atoms with Crippen molar-refractivity contribution in [3.63, 3.8) is 0 Å². The summed E-state index contributed by atoms with van der Waals surface area (Å²) in [7, 11) is 1.46. The highest BCUT2D eigenvalue weighted by Crippen LogP contribution is 2.27. The van der Waals surface area contributed by atoms with Gasteiger partial charge in [0.25, 0.3) is 5.91 Å². The average molecular weight is 314 g/mol. The van der Waals surface area contributed by atoms with Gasteiger partial charge in [0, 0.05) is 5.56 Å². The van der Waals surface area contributed by atoms with Crippen molar-refractivity contribution in [3.05, 3.63) is 54.1 Å². The van der Waals surface area contributed by atoms with Crippen LogP contribution in [0.5, 0.6) is 17.2 Å². The summed E-state index contributed by atoms with van der Waals surface area (Å²) >= 11 is 0. The van der Waals surface area contributed by atoms with E-state index in [0.29, 0.717) is 17.1 Å². The van der Waals surface area contributed by atoms with E-state index in [1.807, 2.05) is 18.2 Å². The van der Waals surface area contributed by atoms with E-state index in [2.05, 4.69) is 10.5 Å². The van der Waals surface area contributed by atoms with Gasteiger partial charge in [-0.15, -0.1) is 0 Å². The van der Waals surface area contributed by atoms with E-state index in [9.17, 15) is 9.90 Å². The van der Waals surface area contributed by atoms with Crippen molar-refractivity contribution < 1.29 is 19.4 Å². The molecule has 6 nitrogen and oxygen atoms in total. The molecule has 0 aliphatic rings. The number of benzene rings is 2. The first-order valence-corrected chi connectivity index (χ1v) is 7.02. The minimum Gasteiger partial charge on any atom is -0.504 e. The molecule has 0 aliphatic carbocycles. The van der Waals surface area contributed by atoms with E-state index in [0.717, 1.165) is 0 Å². The molecule has 2 rings (SSSR count). The molecule has 23 heavy (non-hydrogen) atoms. The van der Waals surface area contributed by atoms with Gasteiger partial charge in [0.15, 0.2) is 17.6 Å². The fraction of sp³-hybridized carbons (Fsp3) is 0.176. The first kappa shape index (κ1) is 16.4. The number of carbonyl (C=O) groups excluding carboxylic acids is 1. The summed E-state index contributed by atoms with van der Waals surface area (Å²) in [6.45, 7) is 1.63. The molecular weight excluding hydrogens is 296 g/mol. The number of carbonyl (C=O) groups is 1. The maximum absolute atomic E-state index is 11.9. The molecule has 0 saturated heterocycles. The van der Waals surface area contributed by atoms with Gasteiger partial charge >= 0.3 is 0 Å². The minimum atomic E-state index is -0.701. The van der Waals surface area contributed by atoms with Crippen LogP contribution in [0.4, 0.5) is 0 Å². The third kappa shape index (κ3) is 4.47. The second-order valence-corrected chi connectivity index (χ2v) is 4.71. The van der Waals surface area contributed by atoms with Crippen molar-refractivity contribution in [2.45, 2.75) is 13.0 Å². The van der Waals surface area contributed by atoms with Crippen molar-refractivity contribution in [1.82, 2.24) is 5.43 Å². The normalized spacial score (nSPS) is 11.9. The molecule has 0 saturated carbocycles. The molecule has 0 unspecified atom stereocenters. The number of hydrogen-bond donors (Lipinski definition) is 2. The van der Waals surface area contributed by atoms with Crippen LogP contribution in [0, 0.1) is 0 Å².